The molecule has 1 unspecified atom stereocenters. The number of amides is 1. The number of benzene rings is 3. The highest BCUT2D eigenvalue weighted by Gasteiger charge is 2.48. The van der Waals surface area contributed by atoms with Gasteiger partial charge in [0.1, 0.15) is 23.1 Å². The Balaban J connectivity index is 1.97. The van der Waals surface area contributed by atoms with E-state index >= 15 is 0 Å². The van der Waals surface area contributed by atoms with Gasteiger partial charge >= 0.3 is 0 Å². The molecule has 1 aliphatic heterocycles. The highest BCUT2D eigenvalue weighted by atomic mass is 19.1. The molecule has 0 aromatic heterocycles. The van der Waals surface area contributed by atoms with Crippen molar-refractivity contribution in [2.24, 2.45) is 0 Å². The molecule has 37 heavy (non-hydrogen) atoms. The number of nitrogens with zero attached hydrogens (tertiary/aromatic N) is 2. The SMILES string of the molecule is CCCOc1ccccc1N1C(=O)C(=O)/C(=C(/O)c2cc(F)ccc2OC)C1c1ccc(N(C)C)cc1. The Kier molecular flexibility index (Phi) is 7.47. The molecular formula is C29H29FN2O5. The number of aliphatic hydroxyl groups is 1. The monoisotopic (exact) mass is 504 g/mol. The van der Waals surface area contributed by atoms with Crippen LogP contribution in [0, 0.1) is 5.82 Å². The molecule has 0 spiro atoms. The van der Waals surface area contributed by atoms with E-state index in [4.69, 9.17) is 9.47 Å². The van der Waals surface area contributed by atoms with Gasteiger partial charge in [-0.05, 0) is 54.4 Å². The molecule has 1 aliphatic rings. The summed E-state index contributed by atoms with van der Waals surface area (Å²) in [4.78, 5) is 30.3. The van der Waals surface area contributed by atoms with Crippen molar-refractivity contribution in [2.45, 2.75) is 19.4 Å². The Hall–Kier alpha value is -4.33. The van der Waals surface area contributed by atoms with Crippen LogP contribution in [0.4, 0.5) is 15.8 Å². The Labute approximate surface area is 215 Å². The molecule has 0 aliphatic carbocycles. The number of carbonyl (C=O) groups is 2. The van der Waals surface area contributed by atoms with Crippen LogP contribution in [0.25, 0.3) is 5.76 Å². The second-order valence-corrected chi connectivity index (χ2v) is 8.82. The molecule has 0 radical (unpaired) electrons. The maximum absolute atomic E-state index is 14.2. The van der Waals surface area contributed by atoms with Gasteiger partial charge in [0.2, 0.25) is 0 Å². The Morgan fingerprint density at radius 3 is 2.38 bits per heavy atom. The number of Topliss-reactive ketones (excluding diaryl/α,β-unsaturated/α-hetero) is 1. The number of ketones is 1. The van der Waals surface area contributed by atoms with Crippen LogP contribution in [-0.4, -0.2) is 44.6 Å². The van der Waals surface area contributed by atoms with Crippen molar-refractivity contribution in [1.82, 2.24) is 0 Å². The summed E-state index contributed by atoms with van der Waals surface area (Å²) in [7, 11) is 5.18. The molecule has 1 fully saturated rings. The zero-order valence-electron chi connectivity index (χ0n) is 21.2. The fraction of sp³-hybridized carbons (Fsp3) is 0.241. The van der Waals surface area contributed by atoms with Crippen molar-refractivity contribution < 1.29 is 28.6 Å². The number of hydrogen-bond donors (Lipinski definition) is 1. The number of carbonyl (C=O) groups excluding carboxylic acids is 2. The van der Waals surface area contributed by atoms with Gasteiger partial charge in [0.05, 0.1) is 36.6 Å². The van der Waals surface area contributed by atoms with Crippen LogP contribution in [-0.2, 0) is 9.59 Å². The summed E-state index contributed by atoms with van der Waals surface area (Å²) in [5, 5.41) is 11.4. The van der Waals surface area contributed by atoms with E-state index in [0.29, 0.717) is 23.6 Å². The minimum absolute atomic E-state index is 0.0223. The Morgan fingerprint density at radius 2 is 1.73 bits per heavy atom. The summed E-state index contributed by atoms with van der Waals surface area (Å²) in [6.45, 7) is 2.39. The van der Waals surface area contributed by atoms with E-state index in [2.05, 4.69) is 0 Å². The van der Waals surface area contributed by atoms with Gasteiger partial charge in [0.15, 0.2) is 0 Å². The number of aliphatic hydroxyl groups excluding tert-OH is 1. The summed E-state index contributed by atoms with van der Waals surface area (Å²) >= 11 is 0. The third kappa shape index (κ3) is 4.87. The third-order valence-corrected chi connectivity index (χ3v) is 6.17. The van der Waals surface area contributed by atoms with Crippen molar-refractivity contribution >= 4 is 28.8 Å². The Morgan fingerprint density at radius 1 is 1.03 bits per heavy atom. The lowest BCUT2D eigenvalue weighted by Crippen LogP contribution is -2.30. The minimum Gasteiger partial charge on any atom is -0.507 e. The average molecular weight is 505 g/mol. The highest BCUT2D eigenvalue weighted by molar-refractivity contribution is 6.52. The molecule has 1 amide bonds. The summed E-state index contributed by atoms with van der Waals surface area (Å²) in [6.07, 6.45) is 0.752. The van der Waals surface area contributed by atoms with E-state index in [1.807, 2.05) is 38.1 Å². The second-order valence-electron chi connectivity index (χ2n) is 8.82. The van der Waals surface area contributed by atoms with Gasteiger partial charge in [-0.2, -0.15) is 0 Å². The number of hydrogen-bond acceptors (Lipinski definition) is 6. The van der Waals surface area contributed by atoms with Crippen LogP contribution >= 0.6 is 0 Å². The molecule has 4 rings (SSSR count). The molecule has 192 valence electrons. The number of rotatable bonds is 8. The van der Waals surface area contributed by atoms with Crippen molar-refractivity contribution in [2.75, 3.05) is 37.6 Å². The van der Waals surface area contributed by atoms with Crippen LogP contribution in [0.2, 0.25) is 0 Å². The van der Waals surface area contributed by atoms with Crippen LogP contribution in [0.15, 0.2) is 72.3 Å². The van der Waals surface area contributed by atoms with E-state index in [0.717, 1.165) is 18.2 Å². The van der Waals surface area contributed by atoms with E-state index in [1.165, 1.54) is 24.1 Å². The molecule has 0 bridgehead atoms. The summed E-state index contributed by atoms with van der Waals surface area (Å²) < 4.78 is 25.4. The molecule has 8 heteroatoms. The number of ether oxygens (including phenoxy) is 2. The average Bonchev–Trinajstić information content (AvgIpc) is 3.17. The minimum atomic E-state index is -0.990. The maximum atomic E-state index is 14.2. The van der Waals surface area contributed by atoms with Crippen molar-refractivity contribution in [3.05, 3.63) is 89.2 Å². The molecule has 1 saturated heterocycles. The van der Waals surface area contributed by atoms with Gasteiger partial charge in [-0.1, -0.05) is 31.2 Å². The van der Waals surface area contributed by atoms with Crippen molar-refractivity contribution in [3.63, 3.8) is 0 Å². The zero-order valence-corrected chi connectivity index (χ0v) is 21.2. The first-order chi connectivity index (χ1) is 17.8. The molecule has 1 atom stereocenters. The standard InChI is InChI=1S/C29H29FN2O5/c1-5-16-37-24-9-7-6-8-22(24)32-26(18-10-13-20(14-11-18)31(2)3)25(28(34)29(32)35)27(33)21-17-19(30)12-15-23(21)36-4/h6-15,17,26,33H,5,16H2,1-4H3/b27-25+. The number of methoxy groups -OCH3 is 1. The molecular weight excluding hydrogens is 475 g/mol. The normalized spacial score (nSPS) is 16.7. The van der Waals surface area contributed by atoms with Gasteiger partial charge in [0, 0.05) is 19.8 Å². The smallest absolute Gasteiger partial charge is 0.300 e. The van der Waals surface area contributed by atoms with Gasteiger partial charge in [0.25, 0.3) is 11.7 Å². The second kappa shape index (κ2) is 10.7. The van der Waals surface area contributed by atoms with Crippen LogP contribution in [0.1, 0.15) is 30.5 Å². The van der Waals surface area contributed by atoms with Crippen LogP contribution in [0.5, 0.6) is 11.5 Å². The summed E-state index contributed by atoms with van der Waals surface area (Å²) in [5.74, 6) is -2.27. The van der Waals surface area contributed by atoms with E-state index in [9.17, 15) is 19.1 Å². The lowest BCUT2D eigenvalue weighted by molar-refractivity contribution is -0.132. The van der Waals surface area contributed by atoms with Crippen molar-refractivity contribution in [3.8, 4) is 11.5 Å². The molecule has 3 aromatic carbocycles. The molecule has 1 heterocycles. The quantitative estimate of drug-likeness (QED) is 0.254. The maximum Gasteiger partial charge on any atom is 0.300 e. The lowest BCUT2D eigenvalue weighted by atomic mass is 9.94. The topological polar surface area (TPSA) is 79.3 Å². The van der Waals surface area contributed by atoms with Crippen LogP contribution in [0.3, 0.4) is 0 Å². The fourth-order valence-corrected chi connectivity index (χ4v) is 4.35. The lowest BCUT2D eigenvalue weighted by Gasteiger charge is -2.27. The summed E-state index contributed by atoms with van der Waals surface area (Å²) in [6, 6.07) is 16.9. The largest absolute Gasteiger partial charge is 0.507 e. The first-order valence-electron chi connectivity index (χ1n) is 11.9. The molecule has 1 N–H and O–H groups in total. The van der Waals surface area contributed by atoms with Gasteiger partial charge in [-0.25, -0.2) is 4.39 Å². The van der Waals surface area contributed by atoms with Crippen LogP contribution < -0.4 is 19.3 Å². The highest BCUT2D eigenvalue weighted by Crippen LogP contribution is 2.46. The van der Waals surface area contributed by atoms with Crippen molar-refractivity contribution in [1.29, 1.82) is 0 Å². The molecule has 7 nitrogen and oxygen atoms in total. The summed E-state index contributed by atoms with van der Waals surface area (Å²) in [5.41, 5.74) is 1.71. The van der Waals surface area contributed by atoms with E-state index < -0.39 is 29.3 Å². The molecule has 3 aromatic rings. The Bertz CT molecular complexity index is 1350. The van der Waals surface area contributed by atoms with E-state index in [1.54, 1.807) is 36.4 Å². The first-order valence-corrected chi connectivity index (χ1v) is 11.9. The molecule has 0 saturated carbocycles. The van der Waals surface area contributed by atoms with E-state index in [-0.39, 0.29) is 16.9 Å². The van der Waals surface area contributed by atoms with Gasteiger partial charge < -0.3 is 19.5 Å². The number of para-hydroxylation sites is 2. The third-order valence-electron chi connectivity index (χ3n) is 6.17. The number of halogens is 1. The number of anilines is 2. The first kappa shape index (κ1) is 25.8. The fourth-order valence-electron chi connectivity index (χ4n) is 4.35. The predicted molar refractivity (Wildman–Crippen MR) is 141 cm³/mol. The predicted octanol–water partition coefficient (Wildman–Crippen LogP) is 5.32. The zero-order chi connectivity index (χ0) is 26.7. The van der Waals surface area contributed by atoms with Gasteiger partial charge in [-0.3, -0.25) is 14.5 Å². The van der Waals surface area contributed by atoms with Gasteiger partial charge in [-0.15, -0.1) is 0 Å².